The van der Waals surface area contributed by atoms with Crippen LogP contribution in [-0.2, 0) is 0 Å². The molecule has 0 saturated carbocycles. The number of fused-ring (bicyclic) bond motifs is 1. The first-order chi connectivity index (χ1) is 11.8. The molecule has 0 saturated heterocycles. The Morgan fingerprint density at radius 3 is 2.58 bits per heavy atom. The zero-order valence-corrected chi connectivity index (χ0v) is 14.3. The largest absolute Gasteiger partial charge is 0.227 e. The van der Waals surface area contributed by atoms with Crippen molar-refractivity contribution in [2.75, 3.05) is 0 Å². The second kappa shape index (κ2) is 6.56. The highest BCUT2D eigenvalue weighted by atomic mass is 35.5. The van der Waals surface area contributed by atoms with E-state index in [1.54, 1.807) is 0 Å². The fraction of sp³-hybridized carbons (Fsp3) is 0. The molecule has 0 radical (unpaired) electrons. The molecule has 1 heterocycles. The zero-order chi connectivity index (χ0) is 16.4. The van der Waals surface area contributed by atoms with Gasteiger partial charge >= 0.3 is 0 Å². The number of aliphatic imine (C=N–C) groups is 1. The van der Waals surface area contributed by atoms with Crippen molar-refractivity contribution < 1.29 is 0 Å². The minimum Gasteiger partial charge on any atom is -0.227 e. The second-order valence-electron chi connectivity index (χ2n) is 5.35. The van der Waals surface area contributed by atoms with E-state index in [-0.39, 0.29) is 0 Å². The van der Waals surface area contributed by atoms with Crippen LogP contribution in [0.15, 0.2) is 77.1 Å². The van der Waals surface area contributed by atoms with Gasteiger partial charge in [0.1, 0.15) is 0 Å². The summed E-state index contributed by atoms with van der Waals surface area (Å²) in [5, 5.41) is 5.88. The molecule has 4 rings (SSSR count). The SMILES string of the molecule is Clc1ccc(-c2csc(/N=C/c3cccc4ccccc34)n2)cc1. The van der Waals surface area contributed by atoms with Gasteiger partial charge in [-0.2, -0.15) is 0 Å². The highest BCUT2D eigenvalue weighted by Crippen LogP contribution is 2.28. The van der Waals surface area contributed by atoms with Gasteiger partial charge in [-0.05, 0) is 22.9 Å². The second-order valence-corrected chi connectivity index (χ2v) is 6.62. The molecule has 0 fully saturated rings. The summed E-state index contributed by atoms with van der Waals surface area (Å²) >= 11 is 7.46. The van der Waals surface area contributed by atoms with Crippen LogP contribution in [0.3, 0.4) is 0 Å². The maximum absolute atomic E-state index is 5.93. The van der Waals surface area contributed by atoms with Gasteiger partial charge in [0, 0.05) is 27.7 Å². The molecular weight excluding hydrogens is 336 g/mol. The van der Waals surface area contributed by atoms with E-state index >= 15 is 0 Å². The lowest BCUT2D eigenvalue weighted by molar-refractivity contribution is 1.36. The van der Waals surface area contributed by atoms with Crippen molar-refractivity contribution in [3.05, 3.63) is 82.7 Å². The number of thiazole rings is 1. The third kappa shape index (κ3) is 3.09. The molecule has 4 heteroatoms. The Morgan fingerprint density at radius 2 is 1.71 bits per heavy atom. The summed E-state index contributed by atoms with van der Waals surface area (Å²) < 4.78 is 0. The molecule has 1 aromatic heterocycles. The van der Waals surface area contributed by atoms with E-state index in [9.17, 15) is 0 Å². The van der Waals surface area contributed by atoms with Crippen molar-refractivity contribution in [3.63, 3.8) is 0 Å². The van der Waals surface area contributed by atoms with Crippen LogP contribution in [0.25, 0.3) is 22.0 Å². The molecular formula is C20H13ClN2S. The monoisotopic (exact) mass is 348 g/mol. The molecule has 0 unspecified atom stereocenters. The molecule has 0 atom stereocenters. The van der Waals surface area contributed by atoms with E-state index in [4.69, 9.17) is 11.6 Å². The van der Waals surface area contributed by atoms with Crippen LogP contribution in [0.2, 0.25) is 5.02 Å². The van der Waals surface area contributed by atoms with Crippen LogP contribution in [0.1, 0.15) is 5.56 Å². The third-order valence-electron chi connectivity index (χ3n) is 3.77. The van der Waals surface area contributed by atoms with Gasteiger partial charge in [-0.1, -0.05) is 66.2 Å². The Balaban J connectivity index is 1.63. The Labute approximate surface area is 149 Å². The Bertz CT molecular complexity index is 1010. The zero-order valence-electron chi connectivity index (χ0n) is 12.7. The van der Waals surface area contributed by atoms with E-state index in [1.165, 1.54) is 22.1 Å². The molecule has 4 aromatic rings. The molecule has 0 aliphatic heterocycles. The van der Waals surface area contributed by atoms with Gasteiger partial charge in [0.05, 0.1) is 5.69 Å². The van der Waals surface area contributed by atoms with Gasteiger partial charge in [0.25, 0.3) is 0 Å². The third-order valence-corrected chi connectivity index (χ3v) is 4.77. The summed E-state index contributed by atoms with van der Waals surface area (Å²) in [5.41, 5.74) is 3.06. The minimum absolute atomic E-state index is 0.725. The predicted molar refractivity (Wildman–Crippen MR) is 104 cm³/mol. The number of benzene rings is 3. The number of hydrogen-bond acceptors (Lipinski definition) is 3. The average molecular weight is 349 g/mol. The minimum atomic E-state index is 0.725. The Kier molecular flexibility index (Phi) is 4.11. The van der Waals surface area contributed by atoms with E-state index in [2.05, 4.69) is 34.2 Å². The lowest BCUT2D eigenvalue weighted by Crippen LogP contribution is -1.83. The molecule has 0 aliphatic rings. The summed E-state index contributed by atoms with van der Waals surface area (Å²) in [5.74, 6) is 0. The average Bonchev–Trinajstić information content (AvgIpc) is 3.09. The normalized spacial score (nSPS) is 11.4. The quantitative estimate of drug-likeness (QED) is 0.395. The maximum Gasteiger partial charge on any atom is 0.209 e. The Hall–Kier alpha value is -2.49. The maximum atomic E-state index is 5.93. The van der Waals surface area contributed by atoms with Crippen molar-refractivity contribution in [1.82, 2.24) is 4.98 Å². The molecule has 0 amide bonds. The number of rotatable bonds is 3. The highest BCUT2D eigenvalue weighted by Gasteiger charge is 2.04. The summed E-state index contributed by atoms with van der Waals surface area (Å²) in [6, 6.07) is 22.2. The van der Waals surface area contributed by atoms with Crippen molar-refractivity contribution >= 4 is 45.1 Å². The van der Waals surface area contributed by atoms with Crippen LogP contribution < -0.4 is 0 Å². The fourth-order valence-corrected chi connectivity index (χ4v) is 3.36. The van der Waals surface area contributed by atoms with Crippen LogP contribution in [-0.4, -0.2) is 11.2 Å². The number of hydrogen-bond donors (Lipinski definition) is 0. The van der Waals surface area contributed by atoms with Crippen LogP contribution in [0.5, 0.6) is 0 Å². The molecule has 116 valence electrons. The topological polar surface area (TPSA) is 25.2 Å². The van der Waals surface area contributed by atoms with Crippen LogP contribution >= 0.6 is 22.9 Å². The van der Waals surface area contributed by atoms with Crippen LogP contribution in [0.4, 0.5) is 5.13 Å². The summed E-state index contributed by atoms with van der Waals surface area (Å²) in [6.07, 6.45) is 1.88. The summed E-state index contributed by atoms with van der Waals surface area (Å²) in [4.78, 5) is 9.13. The van der Waals surface area contributed by atoms with E-state index < -0.39 is 0 Å². The molecule has 0 N–H and O–H groups in total. The van der Waals surface area contributed by atoms with Crippen molar-refractivity contribution in [1.29, 1.82) is 0 Å². The standard InChI is InChI=1S/C20H13ClN2S/c21-17-10-8-15(9-11-17)19-13-24-20(23-19)22-12-16-6-3-5-14-4-1-2-7-18(14)16/h1-13H/b22-12+. The molecule has 2 nitrogen and oxygen atoms in total. The molecule has 0 spiro atoms. The summed E-state index contributed by atoms with van der Waals surface area (Å²) in [6.45, 7) is 0. The van der Waals surface area contributed by atoms with Gasteiger partial charge in [-0.15, -0.1) is 11.3 Å². The molecule has 0 bridgehead atoms. The lowest BCUT2D eigenvalue weighted by atomic mass is 10.1. The number of nitrogens with zero attached hydrogens (tertiary/aromatic N) is 2. The molecule has 0 aliphatic carbocycles. The highest BCUT2D eigenvalue weighted by molar-refractivity contribution is 7.13. The number of halogens is 1. The molecule has 24 heavy (non-hydrogen) atoms. The van der Waals surface area contributed by atoms with E-state index in [0.717, 1.165) is 27.0 Å². The first kappa shape index (κ1) is 15.1. The van der Waals surface area contributed by atoms with Gasteiger partial charge in [0.15, 0.2) is 0 Å². The van der Waals surface area contributed by atoms with Crippen molar-refractivity contribution in [3.8, 4) is 11.3 Å². The molecule has 3 aromatic carbocycles. The fourth-order valence-electron chi connectivity index (χ4n) is 2.56. The summed E-state index contributed by atoms with van der Waals surface area (Å²) in [7, 11) is 0. The van der Waals surface area contributed by atoms with Gasteiger partial charge in [-0.3, -0.25) is 0 Å². The van der Waals surface area contributed by atoms with Gasteiger partial charge < -0.3 is 0 Å². The van der Waals surface area contributed by atoms with Gasteiger partial charge in [0.2, 0.25) is 5.13 Å². The lowest BCUT2D eigenvalue weighted by Gasteiger charge is -2.00. The van der Waals surface area contributed by atoms with Gasteiger partial charge in [-0.25, -0.2) is 9.98 Å². The van der Waals surface area contributed by atoms with E-state index in [0.29, 0.717) is 0 Å². The predicted octanol–water partition coefficient (Wildman–Crippen LogP) is 6.37. The van der Waals surface area contributed by atoms with Crippen molar-refractivity contribution in [2.45, 2.75) is 0 Å². The number of aromatic nitrogens is 1. The smallest absolute Gasteiger partial charge is 0.209 e. The van der Waals surface area contributed by atoms with E-state index in [1.807, 2.05) is 54.1 Å². The first-order valence-electron chi connectivity index (χ1n) is 7.53. The Morgan fingerprint density at radius 1 is 0.917 bits per heavy atom. The van der Waals surface area contributed by atoms with Crippen LogP contribution in [0, 0.1) is 0 Å². The van der Waals surface area contributed by atoms with Crippen molar-refractivity contribution in [2.24, 2.45) is 4.99 Å². The first-order valence-corrected chi connectivity index (χ1v) is 8.79.